The molecule has 0 atom stereocenters. The minimum atomic E-state index is -0.192. The summed E-state index contributed by atoms with van der Waals surface area (Å²) in [5.74, 6) is 0.331. The fourth-order valence-corrected chi connectivity index (χ4v) is 4.18. The number of hydrogen-bond donors (Lipinski definition) is 1. The van der Waals surface area contributed by atoms with Gasteiger partial charge in [-0.3, -0.25) is 14.6 Å². The van der Waals surface area contributed by atoms with E-state index in [0.29, 0.717) is 39.8 Å². The van der Waals surface area contributed by atoms with Crippen LogP contribution in [0, 0.1) is 5.92 Å². The van der Waals surface area contributed by atoms with Gasteiger partial charge in [0.1, 0.15) is 16.6 Å². The zero-order chi connectivity index (χ0) is 18.8. The molecule has 136 valence electrons. The van der Waals surface area contributed by atoms with Gasteiger partial charge in [-0.05, 0) is 44.2 Å². The number of rotatable bonds is 5. The summed E-state index contributed by atoms with van der Waals surface area (Å²) in [6.07, 6.45) is 3.77. The third-order valence-corrected chi connectivity index (χ3v) is 5.33. The van der Waals surface area contributed by atoms with Crippen molar-refractivity contribution in [3.05, 3.63) is 50.7 Å². The van der Waals surface area contributed by atoms with Crippen molar-refractivity contribution in [1.29, 1.82) is 0 Å². The molecule has 0 spiro atoms. The highest BCUT2D eigenvalue weighted by atomic mass is 32.1. The third kappa shape index (κ3) is 3.90. The number of thiazole rings is 1. The van der Waals surface area contributed by atoms with Gasteiger partial charge in [-0.2, -0.15) is 0 Å². The number of carbonyl (C=O) groups excluding carboxylic acids is 2. The van der Waals surface area contributed by atoms with Crippen molar-refractivity contribution >= 4 is 28.7 Å². The van der Waals surface area contributed by atoms with Crippen LogP contribution in [0.5, 0.6) is 0 Å². The Bertz CT molecular complexity index is 879. The summed E-state index contributed by atoms with van der Waals surface area (Å²) in [7, 11) is 0. The fraction of sp³-hybridized carbons (Fsp3) is 0.400. The van der Waals surface area contributed by atoms with Crippen LogP contribution in [0.2, 0.25) is 0 Å². The molecule has 1 N–H and O–H groups in total. The van der Waals surface area contributed by atoms with E-state index in [-0.39, 0.29) is 23.7 Å². The lowest BCUT2D eigenvalue weighted by Crippen LogP contribution is -2.14. The highest BCUT2D eigenvalue weighted by molar-refractivity contribution is 7.14. The van der Waals surface area contributed by atoms with Crippen molar-refractivity contribution in [3.63, 3.8) is 0 Å². The highest BCUT2D eigenvalue weighted by Gasteiger charge is 2.29. The smallest absolute Gasteiger partial charge is 0.204 e. The van der Waals surface area contributed by atoms with Crippen LogP contribution >= 0.6 is 11.3 Å². The van der Waals surface area contributed by atoms with E-state index in [9.17, 15) is 14.7 Å². The second-order valence-electron chi connectivity index (χ2n) is 7.05. The highest BCUT2D eigenvalue weighted by Crippen LogP contribution is 2.33. The molecule has 26 heavy (non-hydrogen) atoms. The van der Waals surface area contributed by atoms with E-state index < -0.39 is 0 Å². The molecule has 1 aliphatic carbocycles. The van der Waals surface area contributed by atoms with E-state index >= 15 is 0 Å². The zero-order valence-electron chi connectivity index (χ0n) is 15.2. The molecule has 0 aromatic carbocycles. The monoisotopic (exact) mass is 370 g/mol. The number of carbonyl (C=O) groups is 2. The van der Waals surface area contributed by atoms with Crippen LogP contribution in [-0.4, -0.2) is 26.6 Å². The molecular formula is C20H22N2O3S. The molecule has 3 rings (SSSR count). The summed E-state index contributed by atoms with van der Waals surface area (Å²) in [5.41, 5.74) is 2.65. The summed E-state index contributed by atoms with van der Waals surface area (Å²) in [4.78, 5) is 33.4. The first kappa shape index (κ1) is 18.5. The number of aryl methyl sites for hydroxylation is 1. The molecule has 0 radical (unpaired) electrons. The van der Waals surface area contributed by atoms with Gasteiger partial charge in [0.2, 0.25) is 5.78 Å². The van der Waals surface area contributed by atoms with Gasteiger partial charge >= 0.3 is 0 Å². The Morgan fingerprint density at radius 1 is 1.31 bits per heavy atom. The minimum absolute atomic E-state index is 0.00855. The number of ketones is 2. The molecule has 2 aromatic rings. The number of aliphatic hydroxyl groups is 1. The molecule has 0 amide bonds. The second-order valence-corrected chi connectivity index (χ2v) is 8.14. The quantitative estimate of drug-likeness (QED) is 0.636. The molecule has 2 aromatic heterocycles. The predicted octanol–water partition coefficient (Wildman–Crippen LogP) is 3.97. The van der Waals surface area contributed by atoms with Crippen molar-refractivity contribution in [2.75, 3.05) is 0 Å². The number of hydrogen-bond acceptors (Lipinski definition) is 6. The van der Waals surface area contributed by atoms with Gasteiger partial charge in [-0.25, -0.2) is 4.98 Å². The van der Waals surface area contributed by atoms with Gasteiger partial charge in [0, 0.05) is 23.0 Å². The van der Waals surface area contributed by atoms with Gasteiger partial charge in [0.25, 0.3) is 0 Å². The molecule has 1 aliphatic rings. The molecular weight excluding hydrogens is 348 g/mol. The Morgan fingerprint density at radius 3 is 2.69 bits per heavy atom. The first-order chi connectivity index (χ1) is 12.3. The largest absolute Gasteiger partial charge is 0.507 e. The van der Waals surface area contributed by atoms with Crippen LogP contribution in [0.3, 0.4) is 0 Å². The average Bonchev–Trinajstić information content (AvgIpc) is 2.97. The van der Waals surface area contributed by atoms with E-state index in [2.05, 4.69) is 23.8 Å². The van der Waals surface area contributed by atoms with Gasteiger partial charge in [-0.15, -0.1) is 11.3 Å². The summed E-state index contributed by atoms with van der Waals surface area (Å²) in [5, 5.41) is 11.3. The molecule has 0 aliphatic heterocycles. The average molecular weight is 370 g/mol. The van der Waals surface area contributed by atoms with Gasteiger partial charge < -0.3 is 5.11 Å². The number of nitrogens with zero attached hydrogens (tertiary/aromatic N) is 2. The van der Waals surface area contributed by atoms with Crippen LogP contribution in [-0.2, 0) is 24.1 Å². The topological polar surface area (TPSA) is 80.2 Å². The Morgan fingerprint density at radius 2 is 2.08 bits per heavy atom. The van der Waals surface area contributed by atoms with Gasteiger partial charge in [0.05, 0.1) is 17.0 Å². The molecule has 0 fully saturated rings. The summed E-state index contributed by atoms with van der Waals surface area (Å²) >= 11 is 1.25. The zero-order valence-corrected chi connectivity index (χ0v) is 16.0. The fourth-order valence-electron chi connectivity index (χ4n) is 3.03. The van der Waals surface area contributed by atoms with Crippen LogP contribution < -0.4 is 0 Å². The summed E-state index contributed by atoms with van der Waals surface area (Å²) < 4.78 is 0. The van der Waals surface area contributed by atoms with Crippen LogP contribution in [0.4, 0.5) is 0 Å². The maximum absolute atomic E-state index is 12.8. The minimum Gasteiger partial charge on any atom is -0.507 e. The van der Waals surface area contributed by atoms with Crippen molar-refractivity contribution in [2.24, 2.45) is 5.92 Å². The molecule has 0 saturated carbocycles. The van der Waals surface area contributed by atoms with E-state index in [0.717, 1.165) is 17.8 Å². The Hall–Kier alpha value is -2.34. The van der Waals surface area contributed by atoms with E-state index in [4.69, 9.17) is 0 Å². The Balaban J connectivity index is 1.87. The second kappa shape index (κ2) is 7.50. The summed E-state index contributed by atoms with van der Waals surface area (Å²) in [6, 6.07) is 3.70. The standard InChI is InChI=1S/C20H22N2O3S/c1-11(2)8-14-5-4-13(10-21-14)18(24)15-6-7-16-20(19(15)25)26-17(22-16)9-12(3)23/h4-5,10-11,24H,6-9H2,1-3H3. The van der Waals surface area contributed by atoms with Crippen LogP contribution in [0.15, 0.2) is 23.9 Å². The molecule has 0 bridgehead atoms. The number of aliphatic hydroxyl groups excluding tert-OH is 1. The number of allylic oxidation sites excluding steroid dienone is 1. The SMILES string of the molecule is CC(=O)Cc1nc2c(s1)C(=O)C(=C(O)c1ccc(CC(C)C)nc1)CC2. The summed E-state index contributed by atoms with van der Waals surface area (Å²) in [6.45, 7) is 5.76. The van der Waals surface area contributed by atoms with Crippen molar-refractivity contribution in [2.45, 2.75) is 46.5 Å². The molecule has 2 heterocycles. The molecule has 5 nitrogen and oxygen atoms in total. The predicted molar refractivity (Wildman–Crippen MR) is 101 cm³/mol. The van der Waals surface area contributed by atoms with Crippen LogP contribution in [0.1, 0.15) is 58.8 Å². The number of pyridine rings is 1. The van der Waals surface area contributed by atoms with E-state index in [1.165, 1.54) is 18.3 Å². The number of Topliss-reactive ketones (excluding diaryl/α,β-unsaturated/α-hetero) is 2. The lowest BCUT2D eigenvalue weighted by Gasteiger charge is -2.14. The van der Waals surface area contributed by atoms with Crippen LogP contribution in [0.25, 0.3) is 5.76 Å². The van der Waals surface area contributed by atoms with E-state index in [1.54, 1.807) is 6.20 Å². The lowest BCUT2D eigenvalue weighted by atomic mass is 9.93. The maximum Gasteiger partial charge on any atom is 0.204 e. The third-order valence-electron chi connectivity index (χ3n) is 4.24. The maximum atomic E-state index is 12.8. The molecule has 0 saturated heterocycles. The van der Waals surface area contributed by atoms with Gasteiger partial charge in [0.15, 0.2) is 0 Å². The lowest BCUT2D eigenvalue weighted by molar-refractivity contribution is -0.116. The number of aromatic nitrogens is 2. The number of fused-ring (bicyclic) bond motifs is 1. The Labute approximate surface area is 156 Å². The van der Waals surface area contributed by atoms with E-state index in [1.807, 2.05) is 12.1 Å². The van der Waals surface area contributed by atoms with Crippen molar-refractivity contribution in [1.82, 2.24) is 9.97 Å². The Kier molecular flexibility index (Phi) is 5.32. The van der Waals surface area contributed by atoms with Crippen molar-refractivity contribution in [3.8, 4) is 0 Å². The first-order valence-corrected chi connectivity index (χ1v) is 9.57. The molecule has 6 heteroatoms. The molecule has 0 unspecified atom stereocenters. The normalized spacial score (nSPS) is 15.9. The first-order valence-electron chi connectivity index (χ1n) is 8.75. The van der Waals surface area contributed by atoms with Gasteiger partial charge in [-0.1, -0.05) is 13.8 Å². The van der Waals surface area contributed by atoms with Crippen molar-refractivity contribution < 1.29 is 14.7 Å².